The lowest BCUT2D eigenvalue weighted by molar-refractivity contribution is -0.115. The maximum atomic E-state index is 11.6. The number of hydrogen-bond acceptors (Lipinski definition) is 6. The first-order valence-corrected chi connectivity index (χ1v) is 10.3. The average Bonchev–Trinajstić information content (AvgIpc) is 3.05. The third kappa shape index (κ3) is 4.44. The van der Waals surface area contributed by atoms with Crippen LogP contribution >= 0.6 is 11.8 Å². The Bertz CT molecular complexity index is 1170. The molecule has 0 atom stereocenters. The van der Waals surface area contributed by atoms with Crippen LogP contribution in [0.25, 0.3) is 17.2 Å². The number of thioether (sulfide) groups is 1. The number of aryl methyl sites for hydroxylation is 1. The highest BCUT2D eigenvalue weighted by molar-refractivity contribution is 8.18. The smallest absolute Gasteiger partial charge is 0.290 e. The van der Waals surface area contributed by atoms with Crippen molar-refractivity contribution >= 4 is 29.0 Å². The van der Waals surface area contributed by atoms with Crippen molar-refractivity contribution in [1.82, 2.24) is 15.1 Å². The highest BCUT2D eigenvalue weighted by Gasteiger charge is 2.24. The first-order valence-electron chi connectivity index (χ1n) is 9.50. The second-order valence-electron chi connectivity index (χ2n) is 6.71. The summed E-state index contributed by atoms with van der Waals surface area (Å²) in [6.07, 6.45) is 4.32. The molecule has 152 valence electrons. The standard InChI is InChI=1S/C22H19N3O4S/c1-2-19-18-12-16(26)6-5-15(18)13-25(24-19)9-10-29-17-7-3-14(4-8-17)11-20-21(27)23-22(28)30-20/h3-8,11-13H,2,9-10H2,1H3,(H,23,27,28). The molecular formula is C22H19N3O4S. The summed E-state index contributed by atoms with van der Waals surface area (Å²) < 4.78 is 7.64. The van der Waals surface area contributed by atoms with Gasteiger partial charge in [0.05, 0.1) is 17.1 Å². The summed E-state index contributed by atoms with van der Waals surface area (Å²) in [7, 11) is 0. The Hall–Kier alpha value is -3.39. The summed E-state index contributed by atoms with van der Waals surface area (Å²) in [6, 6.07) is 12.3. The number of nitrogens with zero attached hydrogens (tertiary/aromatic N) is 2. The zero-order valence-electron chi connectivity index (χ0n) is 16.3. The quantitative estimate of drug-likeness (QED) is 0.614. The van der Waals surface area contributed by atoms with Gasteiger partial charge in [0.25, 0.3) is 11.1 Å². The largest absolute Gasteiger partial charge is 0.492 e. The van der Waals surface area contributed by atoms with Crippen molar-refractivity contribution in [2.24, 2.45) is 0 Å². The molecule has 2 heterocycles. The molecule has 0 aromatic heterocycles. The molecule has 1 N–H and O–H groups in total. The molecule has 1 saturated heterocycles. The number of hydrogen-bond donors (Lipinski definition) is 1. The van der Waals surface area contributed by atoms with E-state index in [0.717, 1.165) is 40.6 Å². The van der Waals surface area contributed by atoms with Gasteiger partial charge in [-0.1, -0.05) is 19.1 Å². The van der Waals surface area contributed by atoms with E-state index in [4.69, 9.17) is 4.74 Å². The third-order valence-corrected chi connectivity index (χ3v) is 5.43. The van der Waals surface area contributed by atoms with Gasteiger partial charge in [0, 0.05) is 17.3 Å². The van der Waals surface area contributed by atoms with Crippen molar-refractivity contribution in [2.45, 2.75) is 19.9 Å². The molecule has 1 aromatic rings. The van der Waals surface area contributed by atoms with Crippen molar-refractivity contribution < 1.29 is 14.3 Å². The summed E-state index contributed by atoms with van der Waals surface area (Å²) >= 11 is 0.892. The second kappa shape index (κ2) is 8.54. The van der Waals surface area contributed by atoms with Gasteiger partial charge in [0.1, 0.15) is 12.4 Å². The fourth-order valence-corrected chi connectivity index (χ4v) is 3.84. The van der Waals surface area contributed by atoms with Crippen molar-refractivity contribution in [3.8, 4) is 16.9 Å². The number of imide groups is 1. The highest BCUT2D eigenvalue weighted by atomic mass is 32.2. The van der Waals surface area contributed by atoms with Crippen LogP contribution in [0, 0.1) is 0 Å². The zero-order valence-corrected chi connectivity index (χ0v) is 17.1. The molecule has 0 bridgehead atoms. The fourth-order valence-electron chi connectivity index (χ4n) is 3.16. The number of carbonyl (C=O) groups excluding carboxylic acids is 2. The minimum absolute atomic E-state index is 0.0158. The van der Waals surface area contributed by atoms with Gasteiger partial charge in [-0.05, 0) is 60.2 Å². The van der Waals surface area contributed by atoms with E-state index in [1.54, 1.807) is 18.2 Å². The molecule has 0 spiro atoms. The number of rotatable bonds is 6. The molecule has 30 heavy (non-hydrogen) atoms. The van der Waals surface area contributed by atoms with E-state index in [1.807, 2.05) is 48.1 Å². The molecule has 1 fully saturated rings. The molecule has 3 aliphatic rings. The summed E-state index contributed by atoms with van der Waals surface area (Å²) in [5.41, 5.74) is 3.55. The van der Waals surface area contributed by atoms with Crippen LogP contribution < -0.4 is 15.5 Å². The second-order valence-corrected chi connectivity index (χ2v) is 7.73. The summed E-state index contributed by atoms with van der Waals surface area (Å²) in [5, 5.41) is 6.48. The lowest BCUT2D eigenvalue weighted by Crippen LogP contribution is -2.17. The van der Waals surface area contributed by atoms with Crippen LogP contribution in [0.4, 0.5) is 4.79 Å². The van der Waals surface area contributed by atoms with Gasteiger partial charge < -0.3 is 4.74 Å². The Kier molecular flexibility index (Phi) is 5.67. The number of benzene rings is 2. The molecule has 8 heteroatoms. The fraction of sp³-hybridized carbons (Fsp3) is 0.182. The van der Waals surface area contributed by atoms with Crippen LogP contribution in [0.3, 0.4) is 0 Å². The number of amides is 2. The molecule has 2 aliphatic heterocycles. The maximum Gasteiger partial charge on any atom is 0.290 e. The van der Waals surface area contributed by atoms with Gasteiger partial charge in [-0.3, -0.25) is 24.4 Å². The van der Waals surface area contributed by atoms with Crippen LogP contribution in [-0.2, 0) is 17.8 Å². The number of carbonyl (C=O) groups is 2. The zero-order chi connectivity index (χ0) is 21.1. The van der Waals surface area contributed by atoms with Crippen molar-refractivity contribution in [1.29, 1.82) is 0 Å². The van der Waals surface area contributed by atoms with E-state index >= 15 is 0 Å². The van der Waals surface area contributed by atoms with E-state index in [9.17, 15) is 14.4 Å². The Morgan fingerprint density at radius 3 is 2.63 bits per heavy atom. The average molecular weight is 421 g/mol. The summed E-state index contributed by atoms with van der Waals surface area (Å²) in [6.45, 7) is 3.01. The monoisotopic (exact) mass is 421 g/mol. The Morgan fingerprint density at radius 1 is 1.13 bits per heavy atom. The molecule has 1 aliphatic carbocycles. The number of aromatic nitrogens is 2. The van der Waals surface area contributed by atoms with Crippen LogP contribution in [0.5, 0.6) is 5.75 Å². The lowest BCUT2D eigenvalue weighted by Gasteiger charge is -2.15. The van der Waals surface area contributed by atoms with E-state index in [1.165, 1.54) is 0 Å². The van der Waals surface area contributed by atoms with Gasteiger partial charge in [-0.15, -0.1) is 0 Å². The summed E-state index contributed by atoms with van der Waals surface area (Å²) in [4.78, 5) is 34.8. The van der Waals surface area contributed by atoms with Gasteiger partial charge in [-0.2, -0.15) is 5.10 Å². The topological polar surface area (TPSA) is 90.3 Å². The molecule has 0 unspecified atom stereocenters. The molecule has 1 aromatic carbocycles. The summed E-state index contributed by atoms with van der Waals surface area (Å²) in [5.74, 6) is 0.327. The van der Waals surface area contributed by atoms with Gasteiger partial charge in [0.2, 0.25) is 0 Å². The number of ether oxygens (including phenoxy) is 1. The van der Waals surface area contributed by atoms with Gasteiger partial charge in [0.15, 0.2) is 5.43 Å². The predicted octanol–water partition coefficient (Wildman–Crippen LogP) is 3.31. The van der Waals surface area contributed by atoms with Crippen molar-refractivity contribution in [3.63, 3.8) is 0 Å². The molecule has 4 rings (SSSR count). The normalized spacial score (nSPS) is 15.0. The van der Waals surface area contributed by atoms with Gasteiger partial charge >= 0.3 is 0 Å². The maximum absolute atomic E-state index is 11.6. The van der Waals surface area contributed by atoms with Crippen molar-refractivity contribution in [3.05, 3.63) is 75.0 Å². The number of nitrogens with one attached hydrogen (secondary N) is 1. The number of fused-ring (bicyclic) bond motifs is 1. The SMILES string of the molecule is CCc1nn(CCOc2ccc(C=C3SC(=O)NC3=O)cc2)cc2ccc(=O)cc1-2. The van der Waals surface area contributed by atoms with Crippen LogP contribution in [0.15, 0.2) is 58.4 Å². The van der Waals surface area contributed by atoms with Crippen LogP contribution in [-0.4, -0.2) is 27.5 Å². The first-order chi connectivity index (χ1) is 14.5. The molecule has 2 amide bonds. The van der Waals surface area contributed by atoms with E-state index in [-0.39, 0.29) is 16.6 Å². The first kappa shape index (κ1) is 19.9. The molecular weight excluding hydrogens is 402 g/mol. The molecule has 0 radical (unpaired) electrons. The molecule has 7 nitrogen and oxygen atoms in total. The lowest BCUT2D eigenvalue weighted by atomic mass is 10.0. The van der Waals surface area contributed by atoms with E-state index < -0.39 is 0 Å². The highest BCUT2D eigenvalue weighted by Crippen LogP contribution is 2.26. The van der Waals surface area contributed by atoms with Gasteiger partial charge in [-0.25, -0.2) is 0 Å². The van der Waals surface area contributed by atoms with Crippen molar-refractivity contribution in [2.75, 3.05) is 6.61 Å². The van der Waals surface area contributed by atoms with E-state index in [0.29, 0.717) is 23.8 Å². The Balaban J connectivity index is 1.40. The van der Waals surface area contributed by atoms with E-state index in [2.05, 4.69) is 10.4 Å². The molecule has 0 saturated carbocycles. The Labute approximate surface area is 177 Å². The third-order valence-electron chi connectivity index (χ3n) is 4.62. The Morgan fingerprint density at radius 2 is 1.93 bits per heavy atom. The van der Waals surface area contributed by atoms with Crippen LogP contribution in [0.2, 0.25) is 0 Å². The predicted molar refractivity (Wildman–Crippen MR) is 116 cm³/mol. The minimum atomic E-state index is -0.372. The van der Waals surface area contributed by atoms with Crippen LogP contribution in [0.1, 0.15) is 18.2 Å². The minimum Gasteiger partial charge on any atom is -0.492 e.